The lowest BCUT2D eigenvalue weighted by Crippen LogP contribution is -2.33. The Hall–Kier alpha value is -3.74. The van der Waals surface area contributed by atoms with Gasteiger partial charge in [-0.3, -0.25) is 4.98 Å². The predicted octanol–water partition coefficient (Wildman–Crippen LogP) is 4.05. The van der Waals surface area contributed by atoms with Crippen molar-refractivity contribution < 1.29 is 19.3 Å². The lowest BCUT2D eigenvalue weighted by Gasteiger charge is -2.38. The number of methoxy groups -OCH3 is 2. The molecular formula is C23H21N3O4. The molecule has 5 rings (SSSR count). The van der Waals surface area contributed by atoms with Crippen LogP contribution in [0.2, 0.25) is 0 Å². The summed E-state index contributed by atoms with van der Waals surface area (Å²) in [5, 5.41) is 16.8. The summed E-state index contributed by atoms with van der Waals surface area (Å²) in [5.41, 5.74) is 3.73. The van der Waals surface area contributed by atoms with Gasteiger partial charge in [-0.15, -0.1) is 0 Å². The third kappa shape index (κ3) is 2.90. The summed E-state index contributed by atoms with van der Waals surface area (Å²) in [4.78, 5) is 4.25. The Morgan fingerprint density at radius 2 is 1.93 bits per heavy atom. The molecule has 7 heteroatoms. The molecule has 2 aromatic carbocycles. The fraction of sp³-hybridized carbons (Fsp3) is 0.217. The monoisotopic (exact) mass is 403 g/mol. The Balaban J connectivity index is 1.61. The maximum Gasteiger partial charge on any atom is 0.215 e. The number of aromatic nitrogens is 1. The first-order valence-corrected chi connectivity index (χ1v) is 9.66. The number of para-hydroxylation sites is 1. The van der Waals surface area contributed by atoms with Crippen LogP contribution in [0.3, 0.4) is 0 Å². The highest BCUT2D eigenvalue weighted by Crippen LogP contribution is 2.50. The first kappa shape index (κ1) is 18.3. The number of hydrazone groups is 1. The van der Waals surface area contributed by atoms with Crippen LogP contribution in [0.15, 0.2) is 66.0 Å². The minimum Gasteiger partial charge on any atom is -0.504 e. The molecule has 1 N–H and O–H groups in total. The zero-order valence-corrected chi connectivity index (χ0v) is 16.6. The zero-order chi connectivity index (χ0) is 20.7. The van der Waals surface area contributed by atoms with E-state index in [0.29, 0.717) is 17.9 Å². The van der Waals surface area contributed by atoms with Crippen LogP contribution >= 0.6 is 0 Å². The Morgan fingerprint density at radius 3 is 2.70 bits per heavy atom. The maximum absolute atomic E-state index is 9.95. The molecule has 2 aliphatic heterocycles. The second-order valence-corrected chi connectivity index (χ2v) is 7.17. The van der Waals surface area contributed by atoms with Crippen molar-refractivity contribution in [2.24, 2.45) is 5.10 Å². The van der Waals surface area contributed by atoms with Crippen molar-refractivity contribution in [3.63, 3.8) is 0 Å². The Labute approximate surface area is 174 Å². The number of ether oxygens (including phenoxy) is 3. The first-order valence-electron chi connectivity index (χ1n) is 9.66. The SMILES string of the molecule is COc1cc(C2=NN3[C@H](C2)c2cccc(OC)c2O[C@@H]3c2cccnc2)ccc1O. The van der Waals surface area contributed by atoms with E-state index in [9.17, 15) is 5.11 Å². The number of phenols is 1. The van der Waals surface area contributed by atoms with Crippen molar-refractivity contribution in [3.05, 3.63) is 77.6 Å². The van der Waals surface area contributed by atoms with Crippen molar-refractivity contribution in [3.8, 4) is 23.0 Å². The minimum absolute atomic E-state index is 0.0103. The van der Waals surface area contributed by atoms with E-state index in [2.05, 4.69) is 4.98 Å². The summed E-state index contributed by atoms with van der Waals surface area (Å²) >= 11 is 0. The second kappa shape index (κ2) is 7.26. The topological polar surface area (TPSA) is 76.4 Å². The minimum atomic E-state index is -0.427. The average molecular weight is 403 g/mol. The van der Waals surface area contributed by atoms with Crippen LogP contribution in [0.25, 0.3) is 0 Å². The highest BCUT2D eigenvalue weighted by Gasteiger charge is 2.42. The highest BCUT2D eigenvalue weighted by atomic mass is 16.5. The molecule has 0 unspecified atom stereocenters. The van der Waals surface area contributed by atoms with E-state index >= 15 is 0 Å². The van der Waals surface area contributed by atoms with Gasteiger partial charge in [-0.25, -0.2) is 5.01 Å². The van der Waals surface area contributed by atoms with Gasteiger partial charge < -0.3 is 19.3 Å². The summed E-state index contributed by atoms with van der Waals surface area (Å²) in [6.45, 7) is 0. The molecule has 152 valence electrons. The average Bonchev–Trinajstić information content (AvgIpc) is 3.24. The van der Waals surface area contributed by atoms with Gasteiger partial charge in [-0.1, -0.05) is 18.2 Å². The number of hydrogen-bond acceptors (Lipinski definition) is 7. The standard InChI is InChI=1S/C23H21N3O4/c1-28-20-7-3-6-16-18-12-17(14-8-9-19(27)21(11-14)29-2)25-26(18)23(30-22(16)20)15-5-4-10-24-13-15/h3-11,13,18,23,27H,12H2,1-2H3/t18-,23-/m1/s1. The Bertz CT molecular complexity index is 1120. The molecule has 0 aliphatic carbocycles. The molecule has 7 nitrogen and oxygen atoms in total. The Morgan fingerprint density at radius 1 is 1.07 bits per heavy atom. The van der Waals surface area contributed by atoms with Gasteiger partial charge in [0.15, 0.2) is 23.0 Å². The van der Waals surface area contributed by atoms with Crippen LogP contribution in [-0.2, 0) is 0 Å². The van der Waals surface area contributed by atoms with Crippen LogP contribution in [0.4, 0.5) is 0 Å². The zero-order valence-electron chi connectivity index (χ0n) is 16.6. The number of nitrogens with zero attached hydrogens (tertiary/aromatic N) is 3. The van der Waals surface area contributed by atoms with Crippen LogP contribution < -0.4 is 14.2 Å². The van der Waals surface area contributed by atoms with Gasteiger partial charge in [-0.05, 0) is 30.3 Å². The fourth-order valence-corrected chi connectivity index (χ4v) is 4.02. The molecule has 0 saturated heterocycles. The van der Waals surface area contributed by atoms with E-state index in [4.69, 9.17) is 19.3 Å². The smallest absolute Gasteiger partial charge is 0.215 e. The number of hydrogen-bond donors (Lipinski definition) is 1. The van der Waals surface area contributed by atoms with Crippen LogP contribution in [-0.4, -0.2) is 35.0 Å². The van der Waals surface area contributed by atoms with E-state index in [1.807, 2.05) is 41.4 Å². The van der Waals surface area contributed by atoms with E-state index < -0.39 is 6.23 Å². The molecule has 0 spiro atoms. The van der Waals surface area contributed by atoms with Crippen molar-refractivity contribution in [2.75, 3.05) is 14.2 Å². The number of phenolic OH excluding ortho intramolecular Hbond substituents is 1. The number of aromatic hydroxyl groups is 1. The molecule has 1 aromatic heterocycles. The lowest BCUT2D eigenvalue weighted by atomic mass is 9.95. The summed E-state index contributed by atoms with van der Waals surface area (Å²) < 4.78 is 17.2. The third-order valence-electron chi connectivity index (χ3n) is 5.48. The fourth-order valence-electron chi connectivity index (χ4n) is 4.02. The molecule has 3 aromatic rings. The molecule has 0 bridgehead atoms. The second-order valence-electron chi connectivity index (χ2n) is 7.17. The first-order chi connectivity index (χ1) is 14.7. The van der Waals surface area contributed by atoms with E-state index in [0.717, 1.165) is 28.2 Å². The summed E-state index contributed by atoms with van der Waals surface area (Å²) in [7, 11) is 3.18. The van der Waals surface area contributed by atoms with Crippen molar-refractivity contribution >= 4 is 5.71 Å². The lowest BCUT2D eigenvalue weighted by molar-refractivity contribution is -0.0211. The number of fused-ring (bicyclic) bond motifs is 3. The molecule has 0 saturated carbocycles. The summed E-state index contributed by atoms with van der Waals surface area (Å²) in [5.74, 6) is 1.95. The largest absolute Gasteiger partial charge is 0.504 e. The van der Waals surface area contributed by atoms with Gasteiger partial charge >= 0.3 is 0 Å². The molecule has 0 fully saturated rings. The molecule has 3 heterocycles. The van der Waals surface area contributed by atoms with E-state index in [1.54, 1.807) is 31.6 Å². The molecule has 0 amide bonds. The molecule has 2 atom stereocenters. The van der Waals surface area contributed by atoms with Crippen LogP contribution in [0.5, 0.6) is 23.0 Å². The summed E-state index contributed by atoms with van der Waals surface area (Å²) in [6, 6.07) is 15.0. The normalized spacial score (nSPS) is 19.4. The molecular weight excluding hydrogens is 382 g/mol. The van der Waals surface area contributed by atoms with Crippen molar-refractivity contribution in [2.45, 2.75) is 18.7 Å². The van der Waals surface area contributed by atoms with Crippen molar-refractivity contribution in [1.29, 1.82) is 0 Å². The van der Waals surface area contributed by atoms with E-state index in [-0.39, 0.29) is 11.8 Å². The van der Waals surface area contributed by atoms with Gasteiger partial charge in [-0.2, -0.15) is 5.10 Å². The number of rotatable bonds is 4. The molecule has 0 radical (unpaired) electrons. The summed E-state index contributed by atoms with van der Waals surface area (Å²) in [6.07, 6.45) is 3.79. The highest BCUT2D eigenvalue weighted by molar-refractivity contribution is 6.02. The van der Waals surface area contributed by atoms with Gasteiger partial charge in [0, 0.05) is 35.5 Å². The van der Waals surface area contributed by atoms with Gasteiger partial charge in [0.25, 0.3) is 0 Å². The van der Waals surface area contributed by atoms with Crippen LogP contribution in [0, 0.1) is 0 Å². The van der Waals surface area contributed by atoms with E-state index in [1.165, 1.54) is 7.11 Å². The number of pyridine rings is 1. The number of benzene rings is 2. The third-order valence-corrected chi connectivity index (χ3v) is 5.48. The molecule has 2 aliphatic rings. The molecule has 30 heavy (non-hydrogen) atoms. The van der Waals surface area contributed by atoms with Gasteiger partial charge in [0.1, 0.15) is 0 Å². The Kier molecular flexibility index (Phi) is 4.43. The predicted molar refractivity (Wildman–Crippen MR) is 111 cm³/mol. The van der Waals surface area contributed by atoms with Crippen molar-refractivity contribution in [1.82, 2.24) is 9.99 Å². The van der Waals surface area contributed by atoms with Gasteiger partial charge in [0.05, 0.1) is 26.0 Å². The van der Waals surface area contributed by atoms with Gasteiger partial charge in [0.2, 0.25) is 6.23 Å². The quantitative estimate of drug-likeness (QED) is 0.708. The van der Waals surface area contributed by atoms with Crippen LogP contribution in [0.1, 0.15) is 35.4 Å². The maximum atomic E-state index is 9.95.